The summed E-state index contributed by atoms with van der Waals surface area (Å²) in [6.45, 7) is 5.72. The van der Waals surface area contributed by atoms with Crippen molar-refractivity contribution in [2.45, 2.75) is 89.1 Å². The highest BCUT2D eigenvalue weighted by Crippen LogP contribution is 2.31. The maximum absolute atomic E-state index is 12.7. The molecule has 3 unspecified atom stereocenters. The van der Waals surface area contributed by atoms with Crippen molar-refractivity contribution < 1.29 is 24.2 Å². The van der Waals surface area contributed by atoms with Crippen LogP contribution in [0.5, 0.6) is 0 Å². The van der Waals surface area contributed by atoms with Gasteiger partial charge >= 0.3 is 12.2 Å². The van der Waals surface area contributed by atoms with E-state index in [1.165, 1.54) is 5.69 Å². The van der Waals surface area contributed by atoms with Crippen molar-refractivity contribution in [3.05, 3.63) is 24.5 Å². The molecule has 0 aliphatic carbocycles. The number of anilines is 1. The van der Waals surface area contributed by atoms with E-state index >= 15 is 0 Å². The second kappa shape index (κ2) is 11.7. The predicted molar refractivity (Wildman–Crippen MR) is 128 cm³/mol. The van der Waals surface area contributed by atoms with Crippen molar-refractivity contribution in [1.82, 2.24) is 14.8 Å². The molecule has 1 amide bonds. The van der Waals surface area contributed by atoms with Crippen LogP contribution in [0.15, 0.2) is 24.5 Å². The van der Waals surface area contributed by atoms with E-state index in [0.29, 0.717) is 0 Å². The smallest absolute Gasteiger partial charge is 0.450 e. The number of nitrogens with zero attached hydrogens (tertiary/aromatic N) is 4. The second-order valence-corrected chi connectivity index (χ2v) is 9.71. The van der Waals surface area contributed by atoms with Crippen LogP contribution in [-0.4, -0.2) is 82.7 Å². The Balaban J connectivity index is 1.17. The SMILES string of the molecule is CC1C(CCCCCN2CCCCC2OC(=O)O)OC(=O)N1C1CCN(c2ccncc2)CC1. The van der Waals surface area contributed by atoms with Gasteiger partial charge in [-0.15, -0.1) is 0 Å². The largest absolute Gasteiger partial charge is 0.507 e. The normalized spacial score (nSPS) is 26.5. The monoisotopic (exact) mass is 474 g/mol. The Morgan fingerprint density at radius 3 is 2.62 bits per heavy atom. The number of unbranched alkanes of at least 4 members (excludes halogenated alkanes) is 2. The standard InChI is InChI=1S/C25H38N4O5/c1-19-22(7-3-2-5-15-28-16-6-4-8-23(28)34-25(31)32)33-24(30)29(19)21-11-17-27(18-12-21)20-9-13-26-14-10-20/h9-10,13-14,19,21-23H,2-8,11-12,15-18H2,1H3,(H,31,32). The van der Waals surface area contributed by atoms with Gasteiger partial charge in [0.25, 0.3) is 0 Å². The number of cyclic esters (lactones) is 1. The molecule has 3 fully saturated rings. The number of aromatic nitrogens is 1. The molecule has 1 N–H and O–H groups in total. The van der Waals surface area contributed by atoms with E-state index in [0.717, 1.165) is 84.0 Å². The highest BCUT2D eigenvalue weighted by atomic mass is 16.7. The Bertz CT molecular complexity index is 802. The lowest BCUT2D eigenvalue weighted by Gasteiger charge is -2.38. The number of hydrogen-bond donors (Lipinski definition) is 1. The zero-order chi connectivity index (χ0) is 23.9. The summed E-state index contributed by atoms with van der Waals surface area (Å²) in [4.78, 5) is 34.2. The number of carbonyl (C=O) groups excluding carboxylic acids is 1. The van der Waals surface area contributed by atoms with Gasteiger partial charge in [0.1, 0.15) is 6.10 Å². The van der Waals surface area contributed by atoms with Crippen molar-refractivity contribution in [3.63, 3.8) is 0 Å². The van der Waals surface area contributed by atoms with Crippen molar-refractivity contribution in [2.75, 3.05) is 31.1 Å². The summed E-state index contributed by atoms with van der Waals surface area (Å²) in [5, 5.41) is 8.94. The molecule has 1 aromatic rings. The average Bonchev–Trinajstić information content (AvgIpc) is 3.13. The van der Waals surface area contributed by atoms with Gasteiger partial charge in [-0.05, 0) is 70.4 Å². The molecule has 0 saturated carbocycles. The fourth-order valence-electron chi connectivity index (χ4n) is 5.68. The minimum Gasteiger partial charge on any atom is -0.450 e. The molecule has 3 aliphatic heterocycles. The summed E-state index contributed by atoms with van der Waals surface area (Å²) in [6, 6.07) is 4.40. The molecule has 34 heavy (non-hydrogen) atoms. The number of hydrogen-bond acceptors (Lipinski definition) is 7. The fraction of sp³-hybridized carbons (Fsp3) is 0.720. The van der Waals surface area contributed by atoms with Crippen LogP contribution in [0.2, 0.25) is 0 Å². The van der Waals surface area contributed by atoms with Crippen LogP contribution in [0.4, 0.5) is 15.3 Å². The van der Waals surface area contributed by atoms with Crippen LogP contribution in [0, 0.1) is 0 Å². The van der Waals surface area contributed by atoms with Gasteiger partial charge < -0.3 is 19.5 Å². The molecular formula is C25H38N4O5. The lowest BCUT2D eigenvalue weighted by atomic mass is 9.99. The van der Waals surface area contributed by atoms with Gasteiger partial charge in [0.15, 0.2) is 6.23 Å². The zero-order valence-electron chi connectivity index (χ0n) is 20.2. The van der Waals surface area contributed by atoms with Crippen molar-refractivity contribution >= 4 is 17.9 Å². The Morgan fingerprint density at radius 1 is 1.12 bits per heavy atom. The maximum atomic E-state index is 12.7. The van der Waals surface area contributed by atoms with E-state index in [9.17, 15) is 9.59 Å². The highest BCUT2D eigenvalue weighted by Gasteiger charge is 2.42. The number of piperidine rings is 2. The summed E-state index contributed by atoms with van der Waals surface area (Å²) in [5.41, 5.74) is 1.19. The van der Waals surface area contributed by atoms with Crippen LogP contribution < -0.4 is 4.90 Å². The second-order valence-electron chi connectivity index (χ2n) is 9.71. The van der Waals surface area contributed by atoms with Crippen molar-refractivity contribution in [3.8, 4) is 0 Å². The van der Waals surface area contributed by atoms with Gasteiger partial charge in [-0.1, -0.05) is 6.42 Å². The zero-order valence-corrected chi connectivity index (χ0v) is 20.2. The lowest BCUT2D eigenvalue weighted by Crippen LogP contribution is -2.48. The minimum absolute atomic E-state index is 0.0520. The van der Waals surface area contributed by atoms with E-state index in [4.69, 9.17) is 14.6 Å². The van der Waals surface area contributed by atoms with Gasteiger partial charge in [-0.2, -0.15) is 0 Å². The van der Waals surface area contributed by atoms with Crippen LogP contribution >= 0.6 is 0 Å². The van der Waals surface area contributed by atoms with Gasteiger partial charge in [-0.3, -0.25) is 14.8 Å². The molecule has 0 radical (unpaired) electrons. The summed E-state index contributed by atoms with van der Waals surface area (Å²) < 4.78 is 10.8. The third-order valence-corrected chi connectivity index (χ3v) is 7.55. The molecule has 0 spiro atoms. The van der Waals surface area contributed by atoms with E-state index in [1.54, 1.807) is 0 Å². The highest BCUT2D eigenvalue weighted by molar-refractivity contribution is 5.71. The number of amides is 1. The first-order valence-corrected chi connectivity index (χ1v) is 12.8. The number of likely N-dealkylation sites (tertiary alicyclic amines) is 1. The number of ether oxygens (including phenoxy) is 2. The van der Waals surface area contributed by atoms with Crippen molar-refractivity contribution in [1.29, 1.82) is 0 Å². The van der Waals surface area contributed by atoms with Gasteiger partial charge in [-0.25, -0.2) is 9.59 Å². The molecule has 0 bridgehead atoms. The maximum Gasteiger partial charge on any atom is 0.507 e. The Kier molecular flexibility index (Phi) is 8.48. The molecule has 0 aromatic carbocycles. The van der Waals surface area contributed by atoms with E-state index in [-0.39, 0.29) is 30.5 Å². The molecular weight excluding hydrogens is 436 g/mol. The van der Waals surface area contributed by atoms with Crippen LogP contribution in [-0.2, 0) is 9.47 Å². The molecule has 9 nitrogen and oxygen atoms in total. The summed E-state index contributed by atoms with van der Waals surface area (Å²) >= 11 is 0. The molecule has 9 heteroatoms. The number of rotatable bonds is 9. The van der Waals surface area contributed by atoms with E-state index in [2.05, 4.69) is 21.7 Å². The molecule has 3 atom stereocenters. The van der Waals surface area contributed by atoms with Crippen LogP contribution in [0.3, 0.4) is 0 Å². The van der Waals surface area contributed by atoms with Gasteiger partial charge in [0.2, 0.25) is 0 Å². The van der Waals surface area contributed by atoms with Crippen LogP contribution in [0.25, 0.3) is 0 Å². The van der Waals surface area contributed by atoms with E-state index in [1.807, 2.05) is 29.4 Å². The molecule has 3 aliphatic rings. The Morgan fingerprint density at radius 2 is 1.88 bits per heavy atom. The number of carbonyl (C=O) groups is 2. The topological polar surface area (TPSA) is 95.4 Å². The number of carboxylic acid groups (broad SMARTS) is 1. The lowest BCUT2D eigenvalue weighted by molar-refractivity contribution is -0.0555. The molecule has 4 heterocycles. The molecule has 3 saturated heterocycles. The summed E-state index contributed by atoms with van der Waals surface area (Å²) in [5.74, 6) is 0. The first kappa shape index (κ1) is 24.6. The van der Waals surface area contributed by atoms with Gasteiger partial charge in [0, 0.05) is 50.3 Å². The van der Waals surface area contributed by atoms with Crippen molar-refractivity contribution in [2.24, 2.45) is 0 Å². The van der Waals surface area contributed by atoms with Crippen LogP contribution in [0.1, 0.15) is 64.7 Å². The Hall–Kier alpha value is -2.55. The first-order valence-electron chi connectivity index (χ1n) is 12.8. The van der Waals surface area contributed by atoms with Gasteiger partial charge in [0.05, 0.1) is 6.04 Å². The average molecular weight is 475 g/mol. The predicted octanol–water partition coefficient (Wildman–Crippen LogP) is 4.33. The Labute approximate surface area is 202 Å². The third kappa shape index (κ3) is 6.11. The quantitative estimate of drug-likeness (QED) is 0.417. The summed E-state index contributed by atoms with van der Waals surface area (Å²) in [7, 11) is 0. The van der Waals surface area contributed by atoms with E-state index < -0.39 is 6.16 Å². The molecule has 1 aromatic heterocycles. The number of pyridine rings is 1. The molecule has 188 valence electrons. The fourth-order valence-corrected chi connectivity index (χ4v) is 5.68. The third-order valence-electron chi connectivity index (χ3n) is 7.55. The molecule has 4 rings (SSSR count). The summed E-state index contributed by atoms with van der Waals surface area (Å²) in [6.07, 6.45) is 10.6. The minimum atomic E-state index is -1.19. The first-order chi connectivity index (χ1) is 16.5.